The quantitative estimate of drug-likeness (QED) is 0.497. The van der Waals surface area contributed by atoms with Crippen molar-refractivity contribution in [2.45, 2.75) is 18.7 Å². The highest BCUT2D eigenvalue weighted by atomic mass is 16.5. The van der Waals surface area contributed by atoms with Crippen molar-refractivity contribution in [2.24, 2.45) is 0 Å². The van der Waals surface area contributed by atoms with Crippen molar-refractivity contribution in [3.05, 3.63) is 90.0 Å². The molecule has 1 aliphatic heterocycles. The predicted octanol–water partition coefficient (Wildman–Crippen LogP) is 3.80. The third-order valence-corrected chi connectivity index (χ3v) is 5.65. The molecule has 176 valence electrons. The van der Waals surface area contributed by atoms with Crippen molar-refractivity contribution >= 4 is 23.3 Å². The molecular weight excluding hydrogens is 434 g/mol. The van der Waals surface area contributed by atoms with Crippen molar-refractivity contribution in [1.29, 1.82) is 0 Å². The van der Waals surface area contributed by atoms with E-state index < -0.39 is 12.1 Å². The van der Waals surface area contributed by atoms with Crippen molar-refractivity contribution in [2.75, 3.05) is 31.0 Å². The number of aliphatic hydroxyl groups excluding tert-OH is 1. The minimum Gasteiger partial charge on any atom is -0.497 e. The first-order chi connectivity index (χ1) is 16.5. The number of rotatable bonds is 7. The van der Waals surface area contributed by atoms with E-state index in [2.05, 4.69) is 10.6 Å². The van der Waals surface area contributed by atoms with Crippen LogP contribution in [-0.2, 0) is 16.1 Å². The number of carbonyl (C=O) groups is 2. The number of morpholine rings is 1. The van der Waals surface area contributed by atoms with Gasteiger partial charge in [-0.15, -0.1) is 0 Å². The van der Waals surface area contributed by atoms with Crippen molar-refractivity contribution < 1.29 is 24.2 Å². The number of amides is 3. The first-order valence-corrected chi connectivity index (χ1v) is 10.9. The molecule has 0 aliphatic carbocycles. The summed E-state index contributed by atoms with van der Waals surface area (Å²) >= 11 is 0. The van der Waals surface area contributed by atoms with Gasteiger partial charge in [0.1, 0.15) is 18.5 Å². The van der Waals surface area contributed by atoms with Crippen LogP contribution in [0.2, 0.25) is 0 Å². The first-order valence-electron chi connectivity index (χ1n) is 10.9. The summed E-state index contributed by atoms with van der Waals surface area (Å²) in [5, 5.41) is 16.6. The molecule has 1 fully saturated rings. The van der Waals surface area contributed by atoms with Crippen LogP contribution in [0.5, 0.6) is 5.75 Å². The molecule has 1 saturated heterocycles. The Kier molecular flexibility index (Phi) is 7.41. The lowest BCUT2D eigenvalue weighted by Gasteiger charge is -2.38. The average molecular weight is 462 g/mol. The molecule has 4 rings (SSSR count). The summed E-state index contributed by atoms with van der Waals surface area (Å²) < 4.78 is 10.6. The summed E-state index contributed by atoms with van der Waals surface area (Å²) in [6, 6.07) is 22.6. The van der Waals surface area contributed by atoms with E-state index in [4.69, 9.17) is 9.47 Å². The second-order valence-electron chi connectivity index (χ2n) is 7.96. The number of ether oxygens (including phenoxy) is 2. The van der Waals surface area contributed by atoms with Gasteiger partial charge in [0.15, 0.2) is 0 Å². The number of carbonyl (C=O) groups excluding carboxylic acids is 2. The molecule has 3 aromatic rings. The molecule has 0 spiro atoms. The van der Waals surface area contributed by atoms with E-state index in [1.807, 2.05) is 42.5 Å². The molecule has 3 N–H and O–H groups in total. The Balaban J connectivity index is 1.41. The van der Waals surface area contributed by atoms with Crippen LogP contribution in [0.15, 0.2) is 78.9 Å². The van der Waals surface area contributed by atoms with Crippen LogP contribution in [-0.4, -0.2) is 48.3 Å². The van der Waals surface area contributed by atoms with Gasteiger partial charge < -0.3 is 30.1 Å². The lowest BCUT2D eigenvalue weighted by molar-refractivity contribution is -0.155. The SMILES string of the molecule is COc1ccc(CN2C(=O)COCC2C(O)c2ccc(NC(=O)Nc3ccccc3)cc2)cc1. The van der Waals surface area contributed by atoms with Gasteiger partial charge >= 0.3 is 6.03 Å². The molecule has 8 heteroatoms. The van der Waals surface area contributed by atoms with Gasteiger partial charge in [0.05, 0.1) is 19.8 Å². The van der Waals surface area contributed by atoms with E-state index in [9.17, 15) is 14.7 Å². The van der Waals surface area contributed by atoms with E-state index in [0.29, 0.717) is 23.5 Å². The number of para-hydroxylation sites is 1. The number of urea groups is 1. The van der Waals surface area contributed by atoms with E-state index in [-0.39, 0.29) is 25.2 Å². The van der Waals surface area contributed by atoms with Crippen LogP contribution in [0.4, 0.5) is 16.2 Å². The number of methoxy groups -OCH3 is 1. The lowest BCUT2D eigenvalue weighted by Crippen LogP contribution is -2.51. The fourth-order valence-electron chi connectivity index (χ4n) is 3.82. The number of aliphatic hydroxyl groups is 1. The summed E-state index contributed by atoms with van der Waals surface area (Å²) in [5.74, 6) is 0.557. The number of hydrogen-bond acceptors (Lipinski definition) is 5. The highest BCUT2D eigenvalue weighted by Gasteiger charge is 2.34. The van der Waals surface area contributed by atoms with Gasteiger partial charge in [0.2, 0.25) is 5.91 Å². The van der Waals surface area contributed by atoms with Crippen LogP contribution in [0.3, 0.4) is 0 Å². The summed E-state index contributed by atoms with van der Waals surface area (Å²) in [6.45, 7) is 0.564. The average Bonchev–Trinajstić information content (AvgIpc) is 2.86. The second-order valence-corrected chi connectivity index (χ2v) is 7.96. The minimum absolute atomic E-state index is 0.0151. The van der Waals surface area contributed by atoms with Crippen molar-refractivity contribution in [3.63, 3.8) is 0 Å². The number of nitrogens with zero attached hydrogens (tertiary/aromatic N) is 1. The Morgan fingerprint density at radius 1 is 1.03 bits per heavy atom. The largest absolute Gasteiger partial charge is 0.497 e. The van der Waals surface area contributed by atoms with Crippen molar-refractivity contribution in [1.82, 2.24) is 4.90 Å². The Bertz CT molecular complexity index is 1100. The zero-order chi connectivity index (χ0) is 23.9. The van der Waals surface area contributed by atoms with Gasteiger partial charge in [-0.1, -0.05) is 42.5 Å². The van der Waals surface area contributed by atoms with Gasteiger partial charge in [-0.25, -0.2) is 4.79 Å². The third-order valence-electron chi connectivity index (χ3n) is 5.65. The van der Waals surface area contributed by atoms with Crippen LogP contribution in [0.1, 0.15) is 17.2 Å². The zero-order valence-electron chi connectivity index (χ0n) is 18.8. The fourth-order valence-corrected chi connectivity index (χ4v) is 3.82. The smallest absolute Gasteiger partial charge is 0.323 e. The maximum atomic E-state index is 12.6. The summed E-state index contributed by atoms with van der Waals surface area (Å²) in [5.41, 5.74) is 2.82. The Hall–Kier alpha value is -3.88. The highest BCUT2D eigenvalue weighted by molar-refractivity contribution is 5.99. The van der Waals surface area contributed by atoms with Gasteiger partial charge in [0, 0.05) is 17.9 Å². The van der Waals surface area contributed by atoms with E-state index >= 15 is 0 Å². The number of anilines is 2. The summed E-state index contributed by atoms with van der Waals surface area (Å²) in [4.78, 5) is 26.5. The maximum Gasteiger partial charge on any atom is 0.323 e. The van der Waals surface area contributed by atoms with Crippen LogP contribution in [0, 0.1) is 0 Å². The number of benzene rings is 3. The monoisotopic (exact) mass is 461 g/mol. The molecular formula is C26H27N3O5. The predicted molar refractivity (Wildman–Crippen MR) is 129 cm³/mol. The molecule has 3 aromatic carbocycles. The van der Waals surface area contributed by atoms with Gasteiger partial charge in [-0.05, 0) is 47.5 Å². The Morgan fingerprint density at radius 2 is 1.68 bits per heavy atom. The highest BCUT2D eigenvalue weighted by Crippen LogP contribution is 2.27. The van der Waals surface area contributed by atoms with Gasteiger partial charge in [-0.2, -0.15) is 0 Å². The molecule has 2 unspecified atom stereocenters. The summed E-state index contributed by atoms with van der Waals surface area (Å²) in [7, 11) is 1.60. The van der Waals surface area contributed by atoms with Crippen LogP contribution >= 0.6 is 0 Å². The van der Waals surface area contributed by atoms with Crippen LogP contribution in [0.25, 0.3) is 0 Å². The second kappa shape index (κ2) is 10.8. The fraction of sp³-hybridized carbons (Fsp3) is 0.231. The molecule has 0 bridgehead atoms. The Labute approximate surface area is 198 Å². The standard InChI is InChI=1S/C26H27N3O5/c1-33-22-13-7-18(8-14-22)15-29-23(16-34-17-24(29)30)25(31)19-9-11-21(12-10-19)28-26(32)27-20-5-3-2-4-6-20/h2-14,23,25,31H,15-17H2,1H3,(H2,27,28,32). The van der Waals surface area contributed by atoms with Crippen LogP contribution < -0.4 is 15.4 Å². The molecule has 8 nitrogen and oxygen atoms in total. The van der Waals surface area contributed by atoms with Gasteiger partial charge in [0.25, 0.3) is 0 Å². The number of nitrogens with one attached hydrogen (secondary N) is 2. The van der Waals surface area contributed by atoms with E-state index in [1.165, 1.54) is 0 Å². The molecule has 3 amide bonds. The van der Waals surface area contributed by atoms with E-state index in [0.717, 1.165) is 11.3 Å². The molecule has 1 aliphatic rings. The zero-order valence-corrected chi connectivity index (χ0v) is 18.8. The third kappa shape index (κ3) is 5.72. The van der Waals surface area contributed by atoms with Crippen molar-refractivity contribution in [3.8, 4) is 5.75 Å². The van der Waals surface area contributed by atoms with E-state index in [1.54, 1.807) is 48.4 Å². The first kappa shape index (κ1) is 23.3. The minimum atomic E-state index is -0.949. The normalized spacial score (nSPS) is 16.6. The topological polar surface area (TPSA) is 100 Å². The molecule has 0 saturated carbocycles. The Morgan fingerprint density at radius 3 is 2.32 bits per heavy atom. The molecule has 2 atom stereocenters. The lowest BCUT2D eigenvalue weighted by atomic mass is 9.99. The molecule has 34 heavy (non-hydrogen) atoms. The maximum absolute atomic E-state index is 12.6. The molecule has 0 aromatic heterocycles. The number of hydrogen-bond donors (Lipinski definition) is 3. The van der Waals surface area contributed by atoms with Gasteiger partial charge in [-0.3, -0.25) is 4.79 Å². The molecule has 1 heterocycles. The summed E-state index contributed by atoms with van der Waals surface area (Å²) in [6.07, 6.45) is -0.949. The molecule has 0 radical (unpaired) electrons.